The van der Waals surface area contributed by atoms with E-state index in [2.05, 4.69) is 27.7 Å². The second-order valence-corrected chi connectivity index (χ2v) is 7.45. The number of carbonyl (C=O) groups excluding carboxylic acids is 1. The summed E-state index contributed by atoms with van der Waals surface area (Å²) in [4.78, 5) is 13.9. The minimum absolute atomic E-state index is 0.0652. The maximum atomic E-state index is 11.5. The Morgan fingerprint density at radius 2 is 2.04 bits per heavy atom. The van der Waals surface area contributed by atoms with Crippen molar-refractivity contribution in [1.82, 2.24) is 5.32 Å². The normalized spacial score (nSPS) is 14.5. The van der Waals surface area contributed by atoms with Gasteiger partial charge in [0.05, 0.1) is 11.6 Å². The molecule has 0 aromatic heterocycles. The van der Waals surface area contributed by atoms with Gasteiger partial charge in [0.25, 0.3) is 0 Å². The van der Waals surface area contributed by atoms with Crippen LogP contribution in [0.15, 0.2) is 42.5 Å². The molecule has 1 aliphatic rings. The summed E-state index contributed by atoms with van der Waals surface area (Å²) in [6, 6.07) is 14.5. The van der Waals surface area contributed by atoms with Gasteiger partial charge in [0.15, 0.2) is 0 Å². The minimum atomic E-state index is -0.0652. The van der Waals surface area contributed by atoms with Gasteiger partial charge in [-0.25, -0.2) is 0 Å². The number of rotatable bonds is 7. The highest BCUT2D eigenvalue weighted by Crippen LogP contribution is 2.30. The molecule has 0 unspecified atom stereocenters. The Bertz CT molecular complexity index is 806. The van der Waals surface area contributed by atoms with Crippen molar-refractivity contribution in [3.63, 3.8) is 0 Å². The van der Waals surface area contributed by atoms with E-state index in [1.54, 1.807) is 0 Å². The zero-order chi connectivity index (χ0) is 19.9. The van der Waals surface area contributed by atoms with Gasteiger partial charge in [0, 0.05) is 30.9 Å². The van der Waals surface area contributed by atoms with E-state index in [0.717, 1.165) is 55.2 Å². The molecular formula is C22H28ClN3O2. The lowest BCUT2D eigenvalue weighted by Gasteiger charge is -2.37. The number of amides is 1. The van der Waals surface area contributed by atoms with Crippen LogP contribution in [0, 0.1) is 0 Å². The maximum Gasteiger partial charge on any atom is 0.221 e. The van der Waals surface area contributed by atoms with Gasteiger partial charge in [-0.15, -0.1) is 0 Å². The molecule has 0 saturated carbocycles. The molecule has 5 nitrogen and oxygen atoms in total. The molecule has 0 aliphatic carbocycles. The average Bonchev–Trinajstić information content (AvgIpc) is 2.69. The summed E-state index contributed by atoms with van der Waals surface area (Å²) >= 11 is 6.26. The van der Waals surface area contributed by atoms with Gasteiger partial charge in [0.2, 0.25) is 5.91 Å². The van der Waals surface area contributed by atoms with Crippen LogP contribution >= 0.6 is 11.6 Å². The summed E-state index contributed by atoms with van der Waals surface area (Å²) < 4.78 is 5.66. The highest BCUT2D eigenvalue weighted by Gasteiger charge is 2.22. The predicted octanol–water partition coefficient (Wildman–Crippen LogP) is 4.46. The van der Waals surface area contributed by atoms with Crippen molar-refractivity contribution < 1.29 is 9.53 Å². The third-order valence-electron chi connectivity index (χ3n) is 4.90. The van der Waals surface area contributed by atoms with E-state index < -0.39 is 0 Å². The second kappa shape index (κ2) is 9.80. The third-order valence-corrected chi connectivity index (χ3v) is 5.21. The van der Waals surface area contributed by atoms with Crippen molar-refractivity contribution in [2.45, 2.75) is 39.3 Å². The Balaban J connectivity index is 1.89. The molecule has 2 aromatic carbocycles. The Hall–Kier alpha value is -2.24. The molecule has 0 atom stereocenters. The monoisotopic (exact) mass is 401 g/mol. The van der Waals surface area contributed by atoms with Crippen molar-refractivity contribution >= 4 is 28.9 Å². The van der Waals surface area contributed by atoms with Gasteiger partial charge in [-0.3, -0.25) is 4.79 Å². The number of nitrogens with one attached hydrogen (secondary N) is 2. The molecule has 1 fully saturated rings. The zero-order valence-corrected chi connectivity index (χ0v) is 17.3. The lowest BCUT2D eigenvalue weighted by atomic mass is 10.0. The first-order valence-corrected chi connectivity index (χ1v) is 10.2. The molecule has 0 radical (unpaired) electrons. The van der Waals surface area contributed by atoms with E-state index >= 15 is 0 Å². The van der Waals surface area contributed by atoms with Crippen molar-refractivity contribution in [3.05, 3.63) is 53.1 Å². The summed E-state index contributed by atoms with van der Waals surface area (Å²) in [7, 11) is 0. The highest BCUT2D eigenvalue weighted by molar-refractivity contribution is 6.32. The van der Waals surface area contributed by atoms with Crippen LogP contribution in [0.2, 0.25) is 5.02 Å². The van der Waals surface area contributed by atoms with Crippen LogP contribution in [0.25, 0.3) is 0 Å². The van der Waals surface area contributed by atoms with Gasteiger partial charge in [-0.1, -0.05) is 23.7 Å². The smallest absolute Gasteiger partial charge is 0.221 e. The van der Waals surface area contributed by atoms with Crippen LogP contribution in [-0.2, 0) is 11.3 Å². The zero-order valence-electron chi connectivity index (χ0n) is 16.5. The predicted molar refractivity (Wildman–Crippen MR) is 115 cm³/mol. The van der Waals surface area contributed by atoms with Crippen molar-refractivity contribution in [1.29, 1.82) is 0 Å². The van der Waals surface area contributed by atoms with Crippen LogP contribution in [0.5, 0.6) is 5.75 Å². The van der Waals surface area contributed by atoms with Crippen LogP contribution in [0.4, 0.5) is 11.4 Å². The average molecular weight is 402 g/mol. The first kappa shape index (κ1) is 20.5. The molecule has 1 saturated heterocycles. The number of piperidine rings is 1. The van der Waals surface area contributed by atoms with Gasteiger partial charge in [0.1, 0.15) is 5.75 Å². The molecule has 0 bridgehead atoms. The summed E-state index contributed by atoms with van der Waals surface area (Å²) in [5.41, 5.74) is 3.07. The maximum absolute atomic E-state index is 11.5. The van der Waals surface area contributed by atoms with Crippen LogP contribution in [0.1, 0.15) is 32.3 Å². The highest BCUT2D eigenvalue weighted by atomic mass is 35.5. The number of benzene rings is 2. The number of halogens is 1. The van der Waals surface area contributed by atoms with Crippen molar-refractivity contribution in [2.24, 2.45) is 0 Å². The van der Waals surface area contributed by atoms with Gasteiger partial charge < -0.3 is 20.3 Å². The molecule has 6 heteroatoms. The lowest BCUT2D eigenvalue weighted by Crippen LogP contribution is -2.43. The van der Waals surface area contributed by atoms with E-state index in [1.165, 1.54) is 6.92 Å². The topological polar surface area (TPSA) is 53.6 Å². The van der Waals surface area contributed by atoms with Gasteiger partial charge >= 0.3 is 0 Å². The molecule has 28 heavy (non-hydrogen) atoms. The molecule has 1 heterocycles. The molecular weight excluding hydrogens is 374 g/mol. The van der Waals surface area contributed by atoms with Crippen molar-refractivity contribution in [3.8, 4) is 5.75 Å². The first-order valence-electron chi connectivity index (χ1n) is 9.83. The number of carbonyl (C=O) groups is 1. The van der Waals surface area contributed by atoms with Gasteiger partial charge in [-0.05, 0) is 68.8 Å². The number of hydrogen-bond acceptors (Lipinski definition) is 4. The summed E-state index contributed by atoms with van der Waals surface area (Å²) in [6.07, 6.45) is 2.16. The fraction of sp³-hybridized carbons (Fsp3) is 0.409. The molecule has 1 amide bonds. The van der Waals surface area contributed by atoms with E-state index in [9.17, 15) is 4.79 Å². The molecule has 0 spiro atoms. The Kier molecular flexibility index (Phi) is 7.18. The Labute approximate surface area is 172 Å². The summed E-state index contributed by atoms with van der Waals surface area (Å²) in [6.45, 7) is 6.85. The molecule has 2 N–H and O–H groups in total. The van der Waals surface area contributed by atoms with E-state index in [0.29, 0.717) is 17.7 Å². The molecule has 150 valence electrons. The number of nitrogens with zero attached hydrogens (tertiary/aromatic N) is 1. The standard InChI is InChI=1S/C22H28ClN3O2/c1-3-28-22-13-17(7-8-21(22)23)15-26(19-9-11-24-12-10-19)20-6-4-5-18(14-20)25-16(2)27/h4-8,13-14,19,24H,3,9-12,15H2,1-2H3,(H,25,27). The van der Waals surface area contributed by atoms with Crippen LogP contribution < -0.4 is 20.3 Å². The van der Waals surface area contributed by atoms with Gasteiger partial charge in [-0.2, -0.15) is 0 Å². The van der Waals surface area contributed by atoms with Crippen LogP contribution in [-0.4, -0.2) is 31.6 Å². The third kappa shape index (κ3) is 5.40. The number of anilines is 2. The van der Waals surface area contributed by atoms with E-state index in [1.807, 2.05) is 37.3 Å². The molecule has 1 aliphatic heterocycles. The Morgan fingerprint density at radius 3 is 2.75 bits per heavy atom. The number of ether oxygens (including phenoxy) is 1. The second-order valence-electron chi connectivity index (χ2n) is 7.04. The fourth-order valence-electron chi connectivity index (χ4n) is 3.62. The van der Waals surface area contributed by atoms with E-state index in [-0.39, 0.29) is 5.91 Å². The van der Waals surface area contributed by atoms with E-state index in [4.69, 9.17) is 16.3 Å². The lowest BCUT2D eigenvalue weighted by molar-refractivity contribution is -0.114. The molecule has 2 aromatic rings. The SMILES string of the molecule is CCOc1cc(CN(c2cccc(NC(C)=O)c2)C2CCNCC2)ccc1Cl. The Morgan fingerprint density at radius 1 is 1.25 bits per heavy atom. The molecule has 3 rings (SSSR count). The fourth-order valence-corrected chi connectivity index (χ4v) is 3.80. The summed E-state index contributed by atoms with van der Waals surface area (Å²) in [5, 5.41) is 6.95. The van der Waals surface area contributed by atoms with Crippen LogP contribution in [0.3, 0.4) is 0 Å². The minimum Gasteiger partial charge on any atom is -0.492 e. The number of hydrogen-bond donors (Lipinski definition) is 2. The quantitative estimate of drug-likeness (QED) is 0.719. The van der Waals surface area contributed by atoms with Crippen molar-refractivity contribution in [2.75, 3.05) is 29.9 Å². The largest absolute Gasteiger partial charge is 0.492 e. The first-order chi connectivity index (χ1) is 13.6. The summed E-state index contributed by atoms with van der Waals surface area (Å²) in [5.74, 6) is 0.656.